The van der Waals surface area contributed by atoms with Crippen molar-refractivity contribution in [2.24, 2.45) is 57.2 Å². The second-order valence-electron chi connectivity index (χ2n) is 19.3. The van der Waals surface area contributed by atoms with Crippen molar-refractivity contribution in [3.8, 4) is 0 Å². The van der Waals surface area contributed by atoms with Crippen molar-refractivity contribution in [1.82, 2.24) is 10.2 Å². The Bertz CT molecular complexity index is 1520. The number of hydrogen-bond donors (Lipinski definition) is 1. The van der Waals surface area contributed by atoms with Crippen LogP contribution in [0.4, 0.5) is 0 Å². The van der Waals surface area contributed by atoms with E-state index in [-0.39, 0.29) is 27.5 Å². The number of halogens is 1. The molecule has 5 nitrogen and oxygen atoms in total. The van der Waals surface area contributed by atoms with Gasteiger partial charge in [-0.05, 0) is 158 Å². The Hall–Kier alpha value is -0.950. The van der Waals surface area contributed by atoms with E-state index in [2.05, 4.69) is 70.5 Å². The van der Waals surface area contributed by atoms with Crippen molar-refractivity contribution < 1.29 is 13.2 Å². The molecular formula is C42H65ClN2O3S. The van der Waals surface area contributed by atoms with E-state index in [0.717, 1.165) is 38.3 Å². The van der Waals surface area contributed by atoms with Crippen LogP contribution in [0.3, 0.4) is 0 Å². The highest BCUT2D eigenvalue weighted by Gasteiger charge is 2.70. The molecule has 10 atom stereocenters. The minimum absolute atomic E-state index is 0.0149. The normalized spacial score (nSPS) is 45.9. The molecule has 274 valence electrons. The Morgan fingerprint density at radius 3 is 2.33 bits per heavy atom. The topological polar surface area (TPSA) is 66.5 Å². The molecule has 0 bridgehead atoms. The lowest BCUT2D eigenvalue weighted by atomic mass is 9.33. The predicted molar refractivity (Wildman–Crippen MR) is 202 cm³/mol. The van der Waals surface area contributed by atoms with Crippen LogP contribution in [0.25, 0.3) is 0 Å². The minimum atomic E-state index is -2.85. The number of nitrogens with one attached hydrogen (secondary N) is 1. The molecule has 49 heavy (non-hydrogen) atoms. The van der Waals surface area contributed by atoms with Crippen molar-refractivity contribution in [3.63, 3.8) is 0 Å². The highest BCUT2D eigenvalue weighted by Crippen LogP contribution is 2.76. The van der Waals surface area contributed by atoms with Gasteiger partial charge in [-0.25, -0.2) is 8.42 Å². The van der Waals surface area contributed by atoms with Crippen LogP contribution in [0.15, 0.2) is 35.5 Å². The molecule has 0 aromatic heterocycles. The number of carbonyl (C=O) groups excluding carboxylic acids is 1. The third kappa shape index (κ3) is 5.73. The largest absolute Gasteiger partial charge is 0.310 e. The Balaban J connectivity index is 1.13. The van der Waals surface area contributed by atoms with Gasteiger partial charge in [-0.1, -0.05) is 58.9 Å². The van der Waals surface area contributed by atoms with E-state index in [4.69, 9.17) is 11.6 Å². The van der Waals surface area contributed by atoms with Gasteiger partial charge in [-0.15, -0.1) is 0 Å². The molecular weight excluding hydrogens is 648 g/mol. The number of carbonyl (C=O) groups is 1. The zero-order chi connectivity index (χ0) is 35.2. The molecule has 7 rings (SSSR count). The monoisotopic (exact) mass is 712 g/mol. The van der Waals surface area contributed by atoms with E-state index in [1.165, 1.54) is 68.9 Å². The molecule has 1 saturated heterocycles. The van der Waals surface area contributed by atoms with Crippen LogP contribution in [-0.4, -0.2) is 61.8 Å². The van der Waals surface area contributed by atoms with Crippen molar-refractivity contribution in [2.45, 2.75) is 124 Å². The first-order chi connectivity index (χ1) is 23.0. The fourth-order valence-electron chi connectivity index (χ4n) is 14.3. The van der Waals surface area contributed by atoms with E-state index >= 15 is 0 Å². The summed E-state index contributed by atoms with van der Waals surface area (Å²) in [5.41, 5.74) is 5.63. The Kier molecular flexibility index (Phi) is 9.35. The van der Waals surface area contributed by atoms with Gasteiger partial charge in [0.25, 0.3) is 0 Å². The maximum Gasteiger partial charge on any atom is 0.225 e. The molecule has 1 heterocycles. The smallest absolute Gasteiger partial charge is 0.225 e. The minimum Gasteiger partial charge on any atom is -0.310 e. The van der Waals surface area contributed by atoms with E-state index < -0.39 is 9.84 Å². The summed E-state index contributed by atoms with van der Waals surface area (Å²) in [6.07, 6.45) is 19.2. The Labute approximate surface area is 303 Å². The molecule has 0 aromatic rings. The molecule has 3 unspecified atom stereocenters. The standard InChI is InChI=1S/C42H65ClN2O3S/c1-28(2)31-14-19-42(44-22-23-45-24-26-49(47,48)27-25-45)21-20-40(6)33(36(31)42)12-13-35-39(5)17-15-32(29-8-10-30(11-9-29)37(43)46)38(3,4)34(39)16-18-41(35,40)7/h8,15,30-31,33-36,44H,1,9-14,16-27H2,2-7H3/t30?,31-,33+,34-,35+,36+,39?,40+,41+,42?/m0/s1. The predicted octanol–water partition coefficient (Wildman–Crippen LogP) is 8.74. The first kappa shape index (κ1) is 36.4. The van der Waals surface area contributed by atoms with Crippen molar-refractivity contribution >= 4 is 26.7 Å². The van der Waals surface area contributed by atoms with Crippen LogP contribution >= 0.6 is 11.6 Å². The molecule has 7 heteroatoms. The quantitative estimate of drug-likeness (QED) is 0.211. The van der Waals surface area contributed by atoms with Gasteiger partial charge in [0.2, 0.25) is 5.24 Å². The average Bonchev–Trinajstić information content (AvgIpc) is 3.42. The maximum atomic E-state index is 12.0. The number of hydrogen-bond acceptors (Lipinski definition) is 5. The summed E-state index contributed by atoms with van der Waals surface area (Å²) in [4.78, 5) is 14.2. The zero-order valence-electron chi connectivity index (χ0n) is 31.5. The summed E-state index contributed by atoms with van der Waals surface area (Å²) in [6, 6.07) is 0. The van der Waals surface area contributed by atoms with Crippen molar-refractivity contribution in [1.29, 1.82) is 0 Å². The van der Waals surface area contributed by atoms with Gasteiger partial charge < -0.3 is 10.2 Å². The lowest BCUT2D eigenvalue weighted by molar-refractivity contribution is -0.221. The molecule has 0 spiro atoms. The van der Waals surface area contributed by atoms with Crippen LogP contribution in [0, 0.1) is 57.2 Å². The number of rotatable bonds is 7. The molecule has 6 aliphatic carbocycles. The molecule has 0 radical (unpaired) electrons. The summed E-state index contributed by atoms with van der Waals surface area (Å²) in [5.74, 6) is 3.90. The van der Waals surface area contributed by atoms with Gasteiger partial charge in [0, 0.05) is 37.6 Å². The lowest BCUT2D eigenvalue weighted by Gasteiger charge is -2.72. The Morgan fingerprint density at radius 2 is 1.67 bits per heavy atom. The fraction of sp³-hybridized carbons (Fsp3) is 0.833. The molecule has 1 N–H and O–H groups in total. The molecule has 0 amide bonds. The third-order valence-corrected chi connectivity index (χ3v) is 19.0. The van der Waals surface area contributed by atoms with E-state index in [1.807, 2.05) is 0 Å². The van der Waals surface area contributed by atoms with Gasteiger partial charge >= 0.3 is 0 Å². The second kappa shape index (κ2) is 12.6. The summed E-state index contributed by atoms with van der Waals surface area (Å²) in [6.45, 7) is 23.4. The van der Waals surface area contributed by atoms with E-state index in [0.29, 0.717) is 59.1 Å². The fourth-order valence-corrected chi connectivity index (χ4v) is 15.8. The van der Waals surface area contributed by atoms with Crippen LogP contribution in [0.5, 0.6) is 0 Å². The molecule has 4 saturated carbocycles. The number of sulfone groups is 1. The summed E-state index contributed by atoms with van der Waals surface area (Å²) in [7, 11) is -2.85. The van der Waals surface area contributed by atoms with Crippen LogP contribution in [0.2, 0.25) is 0 Å². The van der Waals surface area contributed by atoms with Crippen molar-refractivity contribution in [2.75, 3.05) is 37.7 Å². The SMILES string of the molecule is C=C(C)[C@@H]1CCC2(NCCN3CCS(=O)(=O)CC3)CC[C@]3(C)[C@H](CC[C@@H]4C5(C)CC=C(C6=CCC(C(=O)Cl)CC6)C(C)(C)[C@@H]5CC[C@]43C)[C@@H]12. The molecule has 5 fully saturated rings. The van der Waals surface area contributed by atoms with Gasteiger partial charge in [-0.3, -0.25) is 4.79 Å². The van der Waals surface area contributed by atoms with Gasteiger partial charge in [0.1, 0.15) is 0 Å². The third-order valence-electron chi connectivity index (χ3n) is 17.1. The highest BCUT2D eigenvalue weighted by atomic mass is 35.5. The van der Waals surface area contributed by atoms with Crippen molar-refractivity contribution in [3.05, 3.63) is 35.5 Å². The first-order valence-electron chi connectivity index (χ1n) is 19.9. The van der Waals surface area contributed by atoms with Crippen LogP contribution in [0.1, 0.15) is 119 Å². The van der Waals surface area contributed by atoms with Gasteiger partial charge in [0.05, 0.1) is 11.5 Å². The van der Waals surface area contributed by atoms with Crippen LogP contribution in [-0.2, 0) is 14.6 Å². The van der Waals surface area contributed by atoms with Crippen LogP contribution < -0.4 is 5.32 Å². The average molecular weight is 714 g/mol. The molecule has 0 aromatic carbocycles. The highest BCUT2D eigenvalue weighted by molar-refractivity contribution is 7.91. The number of allylic oxidation sites excluding steroid dienone is 5. The summed E-state index contributed by atoms with van der Waals surface area (Å²) in [5, 5.41) is 4.05. The second-order valence-corrected chi connectivity index (χ2v) is 22.0. The first-order valence-corrected chi connectivity index (χ1v) is 22.1. The lowest BCUT2D eigenvalue weighted by Crippen LogP contribution is -2.68. The van der Waals surface area contributed by atoms with Gasteiger partial charge in [0.15, 0.2) is 9.84 Å². The zero-order valence-corrected chi connectivity index (χ0v) is 33.1. The number of nitrogens with zero attached hydrogens (tertiary/aromatic N) is 1. The Morgan fingerprint density at radius 1 is 0.939 bits per heavy atom. The van der Waals surface area contributed by atoms with Gasteiger partial charge in [-0.2, -0.15) is 0 Å². The summed E-state index contributed by atoms with van der Waals surface area (Å²) >= 11 is 5.90. The number of fused-ring (bicyclic) bond motifs is 7. The molecule has 1 aliphatic heterocycles. The molecule has 7 aliphatic rings. The maximum absolute atomic E-state index is 12.0. The van der Waals surface area contributed by atoms with E-state index in [1.54, 1.807) is 5.57 Å². The van der Waals surface area contributed by atoms with E-state index in [9.17, 15) is 13.2 Å². The summed E-state index contributed by atoms with van der Waals surface area (Å²) < 4.78 is 24.1.